The molecule has 21 heavy (non-hydrogen) atoms. The van der Waals surface area contributed by atoms with Gasteiger partial charge < -0.3 is 10.8 Å². The molecule has 1 heterocycles. The van der Waals surface area contributed by atoms with Crippen molar-refractivity contribution in [1.29, 1.82) is 0 Å². The highest BCUT2D eigenvalue weighted by Gasteiger charge is 2.33. The van der Waals surface area contributed by atoms with Crippen molar-refractivity contribution in [2.45, 2.75) is 36.7 Å². The summed E-state index contributed by atoms with van der Waals surface area (Å²) < 4.78 is 40.7. The van der Waals surface area contributed by atoms with Gasteiger partial charge in [0.1, 0.15) is 10.7 Å². The molecule has 0 aliphatic carbocycles. The summed E-state index contributed by atoms with van der Waals surface area (Å²) in [5, 5.41) is 10.0. The average molecular weight is 381 g/mol. The van der Waals surface area contributed by atoms with Crippen molar-refractivity contribution >= 4 is 31.6 Å². The predicted octanol–water partition coefficient (Wildman–Crippen LogP) is 2.10. The zero-order chi connectivity index (χ0) is 15.8. The lowest BCUT2D eigenvalue weighted by atomic mass is 9.98. The van der Waals surface area contributed by atoms with Crippen molar-refractivity contribution < 1.29 is 17.9 Å². The minimum Gasteiger partial charge on any atom is -0.398 e. The maximum Gasteiger partial charge on any atom is 0.246 e. The molecule has 0 bridgehead atoms. The first-order valence-corrected chi connectivity index (χ1v) is 8.84. The Morgan fingerprint density at radius 1 is 1.38 bits per heavy atom. The third-order valence-electron chi connectivity index (χ3n) is 3.69. The second-order valence-electron chi connectivity index (χ2n) is 5.56. The van der Waals surface area contributed by atoms with Crippen LogP contribution in [0, 0.1) is 5.82 Å². The lowest BCUT2D eigenvalue weighted by molar-refractivity contribution is 0.0465. The van der Waals surface area contributed by atoms with Gasteiger partial charge in [-0.3, -0.25) is 0 Å². The van der Waals surface area contributed by atoms with Crippen LogP contribution in [0.4, 0.5) is 10.1 Å². The summed E-state index contributed by atoms with van der Waals surface area (Å²) in [7, 11) is -3.96. The minimum absolute atomic E-state index is 0.157. The molecule has 1 unspecified atom stereocenters. The number of hydrogen-bond donors (Lipinski definition) is 2. The molecule has 1 aliphatic heterocycles. The molecule has 1 saturated heterocycles. The molecule has 1 aromatic rings. The molecule has 0 aromatic heterocycles. The van der Waals surface area contributed by atoms with E-state index in [9.17, 15) is 17.9 Å². The summed E-state index contributed by atoms with van der Waals surface area (Å²) in [4.78, 5) is -0.426. The molecule has 1 aliphatic rings. The molecule has 1 aromatic carbocycles. The van der Waals surface area contributed by atoms with E-state index in [0.717, 1.165) is 12.1 Å². The Morgan fingerprint density at radius 3 is 2.71 bits per heavy atom. The lowest BCUT2D eigenvalue weighted by Gasteiger charge is -2.22. The fourth-order valence-corrected chi connectivity index (χ4v) is 4.24. The van der Waals surface area contributed by atoms with Gasteiger partial charge in [0.2, 0.25) is 10.0 Å². The molecule has 0 radical (unpaired) electrons. The smallest absolute Gasteiger partial charge is 0.246 e. The van der Waals surface area contributed by atoms with Crippen LogP contribution in [0.1, 0.15) is 26.2 Å². The number of halogens is 2. The predicted molar refractivity (Wildman–Crippen MR) is 81.7 cm³/mol. The summed E-state index contributed by atoms with van der Waals surface area (Å²) in [6.45, 7) is 2.10. The Kier molecular flexibility index (Phi) is 4.63. The number of hydrogen-bond acceptors (Lipinski definition) is 4. The normalized spacial score (nSPS) is 24.8. The Labute approximate surface area is 132 Å². The molecule has 0 saturated carbocycles. The van der Waals surface area contributed by atoms with E-state index >= 15 is 0 Å². The van der Waals surface area contributed by atoms with Crippen LogP contribution in [-0.4, -0.2) is 36.5 Å². The number of aliphatic hydroxyl groups is 1. The van der Waals surface area contributed by atoms with Crippen molar-refractivity contribution in [3.05, 3.63) is 22.4 Å². The van der Waals surface area contributed by atoms with E-state index in [4.69, 9.17) is 5.73 Å². The van der Waals surface area contributed by atoms with Crippen molar-refractivity contribution in [2.75, 3.05) is 18.8 Å². The maximum absolute atomic E-state index is 14.0. The highest BCUT2D eigenvalue weighted by molar-refractivity contribution is 9.10. The van der Waals surface area contributed by atoms with Crippen LogP contribution in [-0.2, 0) is 10.0 Å². The van der Waals surface area contributed by atoms with Crippen LogP contribution in [0.25, 0.3) is 0 Å². The van der Waals surface area contributed by atoms with E-state index in [1.165, 1.54) is 4.31 Å². The largest absolute Gasteiger partial charge is 0.398 e. The second-order valence-corrected chi connectivity index (χ2v) is 8.32. The van der Waals surface area contributed by atoms with Crippen LogP contribution >= 0.6 is 15.9 Å². The Bertz CT molecular complexity index is 649. The van der Waals surface area contributed by atoms with Gasteiger partial charge in [0.25, 0.3) is 0 Å². The maximum atomic E-state index is 14.0. The topological polar surface area (TPSA) is 83.6 Å². The van der Waals surface area contributed by atoms with Gasteiger partial charge in [-0.2, -0.15) is 4.31 Å². The third-order valence-corrected chi connectivity index (χ3v) is 6.29. The van der Waals surface area contributed by atoms with Gasteiger partial charge >= 0.3 is 0 Å². The highest BCUT2D eigenvalue weighted by Crippen LogP contribution is 2.30. The first-order chi connectivity index (χ1) is 9.63. The zero-order valence-electron chi connectivity index (χ0n) is 11.6. The molecular formula is C13H18BrFN2O3S. The zero-order valence-corrected chi connectivity index (χ0v) is 14.0. The molecule has 0 amide bonds. The van der Waals surface area contributed by atoms with E-state index in [2.05, 4.69) is 15.9 Å². The van der Waals surface area contributed by atoms with Crippen molar-refractivity contribution in [2.24, 2.45) is 0 Å². The molecule has 8 heteroatoms. The number of sulfonamides is 1. The SMILES string of the molecule is CC1(O)CCCN(S(=O)(=O)c2cc(N)c(Br)cc2F)CC1. The van der Waals surface area contributed by atoms with Gasteiger partial charge in [-0.1, -0.05) is 0 Å². The van der Waals surface area contributed by atoms with E-state index < -0.39 is 26.3 Å². The van der Waals surface area contributed by atoms with Gasteiger partial charge in [0, 0.05) is 23.2 Å². The number of nitrogens with two attached hydrogens (primary N) is 1. The molecule has 2 rings (SSSR count). The fourth-order valence-electron chi connectivity index (χ4n) is 2.36. The third kappa shape index (κ3) is 3.56. The molecular weight excluding hydrogens is 363 g/mol. The van der Waals surface area contributed by atoms with Crippen LogP contribution in [0.2, 0.25) is 0 Å². The standard InChI is InChI=1S/C13H18BrFN2O3S/c1-13(18)3-2-5-17(6-4-13)21(19,20)12-8-11(16)9(14)7-10(12)15/h7-8,18H,2-6,16H2,1H3. The molecule has 3 N–H and O–H groups in total. The summed E-state index contributed by atoms with van der Waals surface area (Å²) >= 11 is 3.06. The van der Waals surface area contributed by atoms with Crippen LogP contribution in [0.15, 0.2) is 21.5 Å². The quantitative estimate of drug-likeness (QED) is 0.769. The Balaban J connectivity index is 2.36. The number of nitrogens with zero attached hydrogens (tertiary/aromatic N) is 1. The number of anilines is 1. The molecule has 5 nitrogen and oxygen atoms in total. The van der Waals surface area contributed by atoms with Crippen molar-refractivity contribution in [1.82, 2.24) is 4.31 Å². The monoisotopic (exact) mass is 380 g/mol. The van der Waals surface area contributed by atoms with Crippen LogP contribution in [0.5, 0.6) is 0 Å². The van der Waals surface area contributed by atoms with Gasteiger partial charge in [-0.25, -0.2) is 12.8 Å². The number of benzene rings is 1. The first kappa shape index (κ1) is 16.7. The minimum atomic E-state index is -3.96. The van der Waals surface area contributed by atoms with Crippen LogP contribution < -0.4 is 5.73 Å². The van der Waals surface area contributed by atoms with Gasteiger partial charge in [-0.15, -0.1) is 0 Å². The van der Waals surface area contributed by atoms with Gasteiger partial charge in [0.05, 0.1) is 5.60 Å². The number of rotatable bonds is 2. The number of nitrogen functional groups attached to an aromatic ring is 1. The van der Waals surface area contributed by atoms with Crippen molar-refractivity contribution in [3.8, 4) is 0 Å². The summed E-state index contributed by atoms with van der Waals surface area (Å²) in [5.41, 5.74) is 4.93. The molecule has 1 fully saturated rings. The Hall–Kier alpha value is -0.700. The summed E-state index contributed by atoms with van der Waals surface area (Å²) in [6, 6.07) is 2.17. The second kappa shape index (κ2) is 5.83. The van der Waals surface area contributed by atoms with E-state index in [0.29, 0.717) is 23.7 Å². The fraction of sp³-hybridized carbons (Fsp3) is 0.538. The van der Waals surface area contributed by atoms with Crippen LogP contribution in [0.3, 0.4) is 0 Å². The lowest BCUT2D eigenvalue weighted by Crippen LogP contribution is -2.34. The first-order valence-electron chi connectivity index (χ1n) is 6.60. The summed E-state index contributed by atoms with van der Waals surface area (Å²) in [6.07, 6.45) is 1.36. The van der Waals surface area contributed by atoms with Crippen molar-refractivity contribution in [3.63, 3.8) is 0 Å². The average Bonchev–Trinajstić information content (AvgIpc) is 2.55. The highest BCUT2D eigenvalue weighted by atomic mass is 79.9. The van der Waals surface area contributed by atoms with Gasteiger partial charge in [0.15, 0.2) is 0 Å². The summed E-state index contributed by atoms with van der Waals surface area (Å²) in [5.74, 6) is -0.841. The molecule has 118 valence electrons. The van der Waals surface area contributed by atoms with Gasteiger partial charge in [-0.05, 0) is 54.2 Å². The van der Waals surface area contributed by atoms with E-state index in [1.54, 1.807) is 6.92 Å². The molecule has 0 spiro atoms. The van der Waals surface area contributed by atoms with E-state index in [1.807, 2.05) is 0 Å². The van der Waals surface area contributed by atoms with E-state index in [-0.39, 0.29) is 18.8 Å². The Morgan fingerprint density at radius 2 is 2.05 bits per heavy atom. The molecule has 1 atom stereocenters.